The summed E-state index contributed by atoms with van der Waals surface area (Å²) in [5.41, 5.74) is 6.06. The van der Waals surface area contributed by atoms with Crippen LogP contribution in [-0.4, -0.2) is 21.6 Å². The molecule has 37 heavy (non-hydrogen) atoms. The number of fused-ring (bicyclic) bond motifs is 4. The molecule has 1 aromatic carbocycles. The van der Waals surface area contributed by atoms with Gasteiger partial charge in [-0.25, -0.2) is 4.79 Å². The van der Waals surface area contributed by atoms with Gasteiger partial charge in [0.2, 0.25) is 0 Å². The Morgan fingerprint density at radius 1 is 1.05 bits per heavy atom. The molecule has 0 atom stereocenters. The van der Waals surface area contributed by atoms with Crippen LogP contribution in [0.25, 0.3) is 28.7 Å². The molecule has 3 aliphatic rings. The van der Waals surface area contributed by atoms with E-state index in [1.54, 1.807) is 56.4 Å². The number of allylic oxidation sites excluding steroid dienone is 7. The van der Waals surface area contributed by atoms with Crippen LogP contribution < -0.4 is 5.63 Å². The summed E-state index contributed by atoms with van der Waals surface area (Å²) in [6, 6.07) is 7.25. The Kier molecular flexibility index (Phi) is 5.00. The molecule has 0 N–H and O–H groups in total. The second kappa shape index (κ2) is 8.04. The largest absolute Gasteiger partial charge is 0.737 e. The molecule has 0 bridgehead atoms. The summed E-state index contributed by atoms with van der Waals surface area (Å²) >= 11 is 0. The molecule has 0 radical (unpaired) electrons. The third kappa shape index (κ3) is 3.44. The summed E-state index contributed by atoms with van der Waals surface area (Å²) in [6.45, 7) is 3.02. The molecule has 0 saturated heterocycles. The molecule has 2 aromatic heterocycles. The summed E-state index contributed by atoms with van der Waals surface area (Å²) in [7, 11) is 0. The van der Waals surface area contributed by atoms with Crippen LogP contribution in [0.4, 0.5) is 8.63 Å². The minimum Gasteiger partial charge on any atom is -0.422 e. The highest BCUT2D eigenvalue weighted by atomic mass is 19.2. The van der Waals surface area contributed by atoms with Gasteiger partial charge in [0.25, 0.3) is 0 Å². The van der Waals surface area contributed by atoms with Gasteiger partial charge in [0.05, 0.1) is 11.1 Å². The van der Waals surface area contributed by atoms with E-state index in [4.69, 9.17) is 4.42 Å². The molecule has 182 valence electrons. The van der Waals surface area contributed by atoms with Crippen molar-refractivity contribution in [3.8, 4) is 11.8 Å². The van der Waals surface area contributed by atoms with Gasteiger partial charge in [-0.2, -0.15) is 0 Å². The Hall–Kier alpha value is -4.44. The number of halogens is 2. The van der Waals surface area contributed by atoms with Crippen LogP contribution in [-0.2, 0) is 0 Å². The molecule has 0 fully saturated rings. The maximum Gasteiger partial charge on any atom is 0.737 e. The van der Waals surface area contributed by atoms with E-state index in [9.17, 15) is 4.79 Å². The smallest absolute Gasteiger partial charge is 0.422 e. The highest BCUT2D eigenvalue weighted by Crippen LogP contribution is 2.42. The van der Waals surface area contributed by atoms with Crippen LogP contribution in [0, 0.1) is 25.7 Å². The van der Waals surface area contributed by atoms with Gasteiger partial charge in [-0.1, -0.05) is 30.1 Å². The zero-order chi connectivity index (χ0) is 26.1. The molecule has 2 aliphatic heterocycles. The lowest BCUT2D eigenvalue weighted by atomic mass is 9.86. The SMILES string of the molecule is CC1=CC(C)=[N+]2C1=C(/C=C/c1cc3cc4c(cc3oc1=O)C#C/C=C\C=C/4)c1c(C)cc(C)n1[B-]2(F)F. The quantitative estimate of drug-likeness (QED) is 0.241. The van der Waals surface area contributed by atoms with Gasteiger partial charge in [0, 0.05) is 35.2 Å². The molecule has 1 aliphatic carbocycles. The number of benzene rings is 1. The van der Waals surface area contributed by atoms with Crippen molar-refractivity contribution in [2.75, 3.05) is 0 Å². The second-order valence-electron chi connectivity index (χ2n) is 9.66. The summed E-state index contributed by atoms with van der Waals surface area (Å²) in [5, 5.41) is 0.753. The van der Waals surface area contributed by atoms with Crippen molar-refractivity contribution in [2.45, 2.75) is 27.7 Å². The van der Waals surface area contributed by atoms with Crippen molar-refractivity contribution >= 4 is 41.4 Å². The molecule has 0 amide bonds. The van der Waals surface area contributed by atoms with Gasteiger partial charge < -0.3 is 22.0 Å². The Bertz CT molecular complexity index is 1860. The second-order valence-corrected chi connectivity index (χ2v) is 9.66. The Morgan fingerprint density at radius 2 is 1.86 bits per heavy atom. The topological polar surface area (TPSA) is 38.1 Å². The highest BCUT2D eigenvalue weighted by Gasteiger charge is 2.54. The molecule has 0 spiro atoms. The molecular weight excluding hydrogens is 469 g/mol. The maximum atomic E-state index is 15.8. The van der Waals surface area contributed by atoms with E-state index in [-0.39, 0.29) is 0 Å². The normalized spacial score (nSPS) is 19.1. The van der Waals surface area contributed by atoms with Crippen LogP contribution in [0.5, 0.6) is 0 Å². The Balaban J connectivity index is 1.53. The highest BCUT2D eigenvalue weighted by molar-refractivity contribution is 6.58. The lowest BCUT2D eigenvalue weighted by Gasteiger charge is -2.33. The Morgan fingerprint density at radius 3 is 2.68 bits per heavy atom. The van der Waals surface area contributed by atoms with Crippen molar-refractivity contribution in [2.24, 2.45) is 0 Å². The fourth-order valence-corrected chi connectivity index (χ4v) is 5.62. The molecule has 4 nitrogen and oxygen atoms in total. The first-order chi connectivity index (χ1) is 17.7. The van der Waals surface area contributed by atoms with Crippen LogP contribution in [0.1, 0.15) is 47.5 Å². The minimum atomic E-state index is -4.05. The molecule has 4 heterocycles. The fraction of sp³-hybridized carbons (Fsp3) is 0.133. The molecule has 7 heteroatoms. The van der Waals surface area contributed by atoms with E-state index >= 15 is 8.63 Å². The number of rotatable bonds is 2. The molecule has 0 saturated carbocycles. The van der Waals surface area contributed by atoms with Crippen molar-refractivity contribution in [3.63, 3.8) is 0 Å². The van der Waals surface area contributed by atoms with Crippen LogP contribution >= 0.6 is 0 Å². The first kappa shape index (κ1) is 23.0. The number of aryl methyl sites for hydroxylation is 2. The van der Waals surface area contributed by atoms with Gasteiger partial charge in [-0.3, -0.25) is 0 Å². The van der Waals surface area contributed by atoms with Crippen molar-refractivity contribution in [3.05, 3.63) is 110 Å². The summed E-state index contributed by atoms with van der Waals surface area (Å²) in [4.78, 5) is 12.9. The van der Waals surface area contributed by atoms with Gasteiger partial charge in [0.1, 0.15) is 11.3 Å². The first-order valence-corrected chi connectivity index (χ1v) is 12.1. The number of aromatic nitrogens is 1. The molecule has 0 unspecified atom stereocenters. The van der Waals surface area contributed by atoms with Crippen molar-refractivity contribution in [1.82, 2.24) is 4.48 Å². The van der Waals surface area contributed by atoms with Gasteiger partial charge in [-0.05, 0) is 80.1 Å². The zero-order valence-electron chi connectivity index (χ0n) is 20.9. The van der Waals surface area contributed by atoms with E-state index in [1.807, 2.05) is 38.1 Å². The Labute approximate surface area is 213 Å². The van der Waals surface area contributed by atoms with Crippen LogP contribution in [0.3, 0.4) is 0 Å². The van der Waals surface area contributed by atoms with Crippen LogP contribution in [0.2, 0.25) is 0 Å². The zero-order valence-corrected chi connectivity index (χ0v) is 20.9. The molecule has 3 aromatic rings. The summed E-state index contributed by atoms with van der Waals surface area (Å²) in [5.74, 6) is 6.02. The van der Waals surface area contributed by atoms with E-state index in [0.29, 0.717) is 39.5 Å². The molecule has 6 rings (SSSR count). The number of hydrogen-bond donors (Lipinski definition) is 0. The number of nitrogens with zero attached hydrogens (tertiary/aromatic N) is 2. The van der Waals surface area contributed by atoms with E-state index < -0.39 is 12.6 Å². The van der Waals surface area contributed by atoms with Crippen molar-refractivity contribution < 1.29 is 17.5 Å². The average molecular weight is 492 g/mol. The van der Waals surface area contributed by atoms with E-state index in [2.05, 4.69) is 11.8 Å². The fourth-order valence-electron chi connectivity index (χ4n) is 5.62. The predicted octanol–water partition coefficient (Wildman–Crippen LogP) is 6.24. The van der Waals surface area contributed by atoms with Gasteiger partial charge in [0.15, 0.2) is 5.70 Å². The predicted molar refractivity (Wildman–Crippen MR) is 145 cm³/mol. The number of hydrogen-bond acceptors (Lipinski definition) is 2. The standard InChI is InChI=1S/C30H23BF2N2O2/c1-18-13-20(3)34-28(18)26(29-19(2)14-21(4)35(29)31(34,32)33)12-11-24-16-25-15-22-9-7-5-6-8-10-23(22)17-27(25)37-30(24)36/h5-7,9,11-17H,1-4H3/b6-5-,7-5?,9-7-,12-11+,22-9?. The van der Waals surface area contributed by atoms with E-state index in [1.165, 1.54) is 0 Å². The third-order valence-corrected chi connectivity index (χ3v) is 7.11. The summed E-state index contributed by atoms with van der Waals surface area (Å²) < 4.78 is 39.5. The van der Waals surface area contributed by atoms with E-state index in [0.717, 1.165) is 36.6 Å². The van der Waals surface area contributed by atoms with Gasteiger partial charge >= 0.3 is 12.6 Å². The lowest BCUT2D eigenvalue weighted by Crippen LogP contribution is -2.51. The van der Waals surface area contributed by atoms with Crippen LogP contribution in [0.15, 0.2) is 75.1 Å². The van der Waals surface area contributed by atoms with Gasteiger partial charge in [-0.15, -0.1) is 0 Å². The van der Waals surface area contributed by atoms with Crippen molar-refractivity contribution in [1.29, 1.82) is 0 Å². The lowest BCUT2D eigenvalue weighted by molar-refractivity contribution is -0.363. The summed E-state index contributed by atoms with van der Waals surface area (Å²) in [6.07, 6.45) is 12.7. The maximum absolute atomic E-state index is 15.8. The molecular formula is C30H23BF2N2O2. The first-order valence-electron chi connectivity index (χ1n) is 12.1. The average Bonchev–Trinajstić information content (AvgIpc) is 3.29. The minimum absolute atomic E-state index is 0.337. The third-order valence-electron chi connectivity index (χ3n) is 7.11. The monoisotopic (exact) mass is 492 g/mol.